The van der Waals surface area contributed by atoms with Crippen molar-refractivity contribution < 1.29 is 23.8 Å². The Kier molecular flexibility index (Phi) is 7.54. The summed E-state index contributed by atoms with van der Waals surface area (Å²) in [5, 5.41) is 2.78. The molecule has 1 rings (SSSR count). The molecule has 0 saturated carbocycles. The van der Waals surface area contributed by atoms with Gasteiger partial charge < -0.3 is 25.3 Å². The van der Waals surface area contributed by atoms with Gasteiger partial charge in [0.1, 0.15) is 0 Å². The summed E-state index contributed by atoms with van der Waals surface area (Å²) in [6.07, 6.45) is -0.865. The lowest BCUT2D eigenvalue weighted by molar-refractivity contribution is -0.130. The highest BCUT2D eigenvalue weighted by Crippen LogP contribution is 2.27. The van der Waals surface area contributed by atoms with Gasteiger partial charge in [-0.25, -0.2) is 4.79 Å². The first-order chi connectivity index (χ1) is 11.7. The molecule has 25 heavy (non-hydrogen) atoms. The van der Waals surface area contributed by atoms with Crippen molar-refractivity contribution in [2.75, 3.05) is 20.8 Å². The summed E-state index contributed by atoms with van der Waals surface area (Å²) >= 11 is 0. The molecule has 140 valence electrons. The van der Waals surface area contributed by atoms with Gasteiger partial charge >= 0.3 is 6.09 Å². The highest BCUT2D eigenvalue weighted by atomic mass is 16.6. The molecule has 0 aliphatic heterocycles. The summed E-state index contributed by atoms with van der Waals surface area (Å²) in [7, 11) is 3.15. The summed E-state index contributed by atoms with van der Waals surface area (Å²) in [6.45, 7) is 6.28. The van der Waals surface area contributed by atoms with E-state index in [4.69, 9.17) is 19.9 Å². The zero-order chi connectivity index (χ0) is 19.0. The third-order valence-corrected chi connectivity index (χ3v) is 3.51. The molecule has 7 nitrogen and oxygen atoms in total. The molecule has 0 bridgehead atoms. The van der Waals surface area contributed by atoms with Crippen molar-refractivity contribution in [3.05, 3.63) is 23.8 Å². The molecule has 0 saturated heterocycles. The van der Waals surface area contributed by atoms with Crippen LogP contribution in [0.5, 0.6) is 11.5 Å². The maximum Gasteiger partial charge on any atom is 0.405 e. The number of nitrogens with one attached hydrogen (secondary N) is 1. The van der Waals surface area contributed by atoms with Crippen LogP contribution in [0.15, 0.2) is 18.2 Å². The monoisotopic (exact) mass is 352 g/mol. The number of ether oxygens (including phenoxy) is 3. The molecule has 0 aliphatic carbocycles. The van der Waals surface area contributed by atoms with Crippen molar-refractivity contribution in [1.82, 2.24) is 5.32 Å². The Morgan fingerprint density at radius 3 is 2.32 bits per heavy atom. The van der Waals surface area contributed by atoms with Crippen LogP contribution in [0.4, 0.5) is 4.79 Å². The number of hydrogen-bond acceptors (Lipinski definition) is 5. The predicted molar refractivity (Wildman–Crippen MR) is 94.8 cm³/mol. The molecular formula is C18H28N2O5. The Morgan fingerprint density at radius 2 is 1.80 bits per heavy atom. The van der Waals surface area contributed by atoms with Crippen LogP contribution in [0.25, 0.3) is 0 Å². The molecule has 0 radical (unpaired) electrons. The van der Waals surface area contributed by atoms with Crippen LogP contribution < -0.4 is 20.5 Å². The Labute approximate surface area is 148 Å². The van der Waals surface area contributed by atoms with E-state index in [1.165, 1.54) is 0 Å². The quantitative estimate of drug-likeness (QED) is 0.747. The molecule has 3 N–H and O–H groups in total. The molecule has 0 aromatic heterocycles. The number of carbonyl (C=O) groups is 2. The van der Waals surface area contributed by atoms with E-state index >= 15 is 0 Å². The summed E-state index contributed by atoms with van der Waals surface area (Å²) in [4.78, 5) is 23.3. The summed E-state index contributed by atoms with van der Waals surface area (Å²) in [5.74, 6) is 0.929. The minimum atomic E-state index is -0.954. The topological polar surface area (TPSA) is 99.9 Å². The largest absolute Gasteiger partial charge is 0.493 e. The highest BCUT2D eigenvalue weighted by molar-refractivity contribution is 5.83. The number of rotatable bonds is 8. The second-order valence-electron chi connectivity index (χ2n) is 6.92. The van der Waals surface area contributed by atoms with Crippen molar-refractivity contribution in [3.63, 3.8) is 0 Å². The zero-order valence-corrected chi connectivity index (χ0v) is 15.5. The number of amides is 2. The fourth-order valence-electron chi connectivity index (χ4n) is 2.36. The number of benzene rings is 1. The smallest absolute Gasteiger partial charge is 0.405 e. The van der Waals surface area contributed by atoms with Gasteiger partial charge in [-0.05, 0) is 36.0 Å². The summed E-state index contributed by atoms with van der Waals surface area (Å²) < 4.78 is 15.4. The predicted octanol–water partition coefficient (Wildman–Crippen LogP) is 2.26. The number of carbonyl (C=O) groups excluding carboxylic acids is 2. The number of nitrogens with two attached hydrogens (primary N) is 1. The lowest BCUT2D eigenvalue weighted by Crippen LogP contribution is -2.41. The van der Waals surface area contributed by atoms with Crippen LogP contribution in [0.1, 0.15) is 32.8 Å². The second-order valence-corrected chi connectivity index (χ2v) is 6.92. The molecule has 7 heteroatoms. The van der Waals surface area contributed by atoms with Crippen LogP contribution in [0, 0.1) is 5.41 Å². The fourth-order valence-corrected chi connectivity index (χ4v) is 2.36. The Bertz CT molecular complexity index is 596. The summed E-state index contributed by atoms with van der Waals surface area (Å²) in [5.41, 5.74) is 5.87. The first-order valence-corrected chi connectivity index (χ1v) is 8.11. The SMILES string of the molecule is COc1ccc(CCNC(=O)C(CC(C)(C)C)OC(N)=O)cc1OC. The first kappa shape index (κ1) is 20.6. The van der Waals surface area contributed by atoms with E-state index in [1.54, 1.807) is 14.2 Å². The van der Waals surface area contributed by atoms with Crippen molar-refractivity contribution in [2.24, 2.45) is 11.1 Å². The van der Waals surface area contributed by atoms with Gasteiger partial charge in [0.25, 0.3) is 5.91 Å². The van der Waals surface area contributed by atoms with Gasteiger partial charge in [-0.3, -0.25) is 4.79 Å². The van der Waals surface area contributed by atoms with Crippen molar-refractivity contribution in [3.8, 4) is 11.5 Å². The average molecular weight is 352 g/mol. The maximum atomic E-state index is 12.3. The standard InChI is InChI=1S/C18H28N2O5/c1-18(2,3)11-15(25-17(19)22)16(21)20-9-8-12-6-7-13(23-4)14(10-12)24-5/h6-7,10,15H,8-9,11H2,1-5H3,(H2,19,22)(H,20,21). The van der Waals surface area contributed by atoms with Gasteiger partial charge in [-0.15, -0.1) is 0 Å². The Hall–Kier alpha value is -2.44. The van der Waals surface area contributed by atoms with Gasteiger partial charge in [0.05, 0.1) is 14.2 Å². The molecule has 0 spiro atoms. The van der Waals surface area contributed by atoms with Crippen LogP contribution in [-0.2, 0) is 16.0 Å². The van der Waals surface area contributed by atoms with Gasteiger partial charge in [0.15, 0.2) is 17.6 Å². The van der Waals surface area contributed by atoms with Gasteiger partial charge in [-0.1, -0.05) is 26.8 Å². The molecule has 1 aromatic carbocycles. The van der Waals surface area contributed by atoms with E-state index in [1.807, 2.05) is 39.0 Å². The number of hydrogen-bond donors (Lipinski definition) is 2. The molecule has 2 amide bonds. The van der Waals surface area contributed by atoms with E-state index in [2.05, 4.69) is 5.32 Å². The second kappa shape index (κ2) is 9.15. The minimum absolute atomic E-state index is 0.180. The Morgan fingerprint density at radius 1 is 1.16 bits per heavy atom. The third kappa shape index (κ3) is 7.32. The van der Waals surface area contributed by atoms with Crippen LogP contribution in [0.2, 0.25) is 0 Å². The van der Waals surface area contributed by atoms with E-state index < -0.39 is 12.2 Å². The lowest BCUT2D eigenvalue weighted by Gasteiger charge is -2.24. The van der Waals surface area contributed by atoms with Gasteiger partial charge in [-0.2, -0.15) is 0 Å². The lowest BCUT2D eigenvalue weighted by atomic mass is 9.89. The molecule has 1 atom stereocenters. The molecule has 1 unspecified atom stereocenters. The minimum Gasteiger partial charge on any atom is -0.493 e. The summed E-state index contributed by atoms with van der Waals surface area (Å²) in [6, 6.07) is 5.58. The van der Waals surface area contributed by atoms with Crippen molar-refractivity contribution >= 4 is 12.0 Å². The first-order valence-electron chi connectivity index (χ1n) is 8.11. The Balaban J connectivity index is 2.63. The molecule has 1 aromatic rings. The van der Waals surface area contributed by atoms with E-state index in [0.717, 1.165) is 5.56 Å². The van der Waals surface area contributed by atoms with Crippen molar-refractivity contribution in [1.29, 1.82) is 0 Å². The number of methoxy groups -OCH3 is 2. The van der Waals surface area contributed by atoms with Gasteiger partial charge in [0.2, 0.25) is 0 Å². The van der Waals surface area contributed by atoms with Crippen molar-refractivity contribution in [2.45, 2.75) is 39.7 Å². The zero-order valence-electron chi connectivity index (χ0n) is 15.5. The normalized spacial score (nSPS) is 12.2. The molecule has 0 aliphatic rings. The number of primary amides is 1. The van der Waals surface area contributed by atoms with Crippen LogP contribution in [0.3, 0.4) is 0 Å². The van der Waals surface area contributed by atoms with Gasteiger partial charge in [0, 0.05) is 6.54 Å². The third-order valence-electron chi connectivity index (χ3n) is 3.51. The van der Waals surface area contributed by atoms with Crippen LogP contribution >= 0.6 is 0 Å². The fraction of sp³-hybridized carbons (Fsp3) is 0.556. The molecule has 0 heterocycles. The maximum absolute atomic E-state index is 12.3. The molecule has 0 fully saturated rings. The average Bonchev–Trinajstić information content (AvgIpc) is 2.52. The highest BCUT2D eigenvalue weighted by Gasteiger charge is 2.27. The van der Waals surface area contributed by atoms with E-state index in [9.17, 15) is 9.59 Å². The molecular weight excluding hydrogens is 324 g/mol. The van der Waals surface area contributed by atoms with E-state index in [-0.39, 0.29) is 11.3 Å². The van der Waals surface area contributed by atoms with Crippen LogP contribution in [-0.4, -0.2) is 38.9 Å². The van der Waals surface area contributed by atoms with E-state index in [0.29, 0.717) is 30.9 Å².